The number of anilines is 3. The number of aliphatic carboxylic acids is 1. The molecule has 0 bridgehead atoms. The van der Waals surface area contributed by atoms with E-state index in [1.54, 1.807) is 24.4 Å². The van der Waals surface area contributed by atoms with E-state index in [1.165, 1.54) is 24.3 Å². The van der Waals surface area contributed by atoms with Gasteiger partial charge < -0.3 is 20.0 Å². The third-order valence-electron chi connectivity index (χ3n) is 5.67. The first kappa shape index (κ1) is 29.2. The van der Waals surface area contributed by atoms with E-state index < -0.39 is 28.1 Å². The topological polar surface area (TPSA) is 140 Å². The molecule has 0 saturated carbocycles. The Morgan fingerprint density at radius 2 is 1.51 bits per heavy atom. The van der Waals surface area contributed by atoms with Crippen molar-refractivity contribution in [3.05, 3.63) is 78.0 Å². The molecule has 1 saturated heterocycles. The molecule has 39 heavy (non-hydrogen) atoms. The molecular weight excluding hydrogens is 541 g/mol. The monoisotopic (exact) mass is 566 g/mol. The zero-order chi connectivity index (χ0) is 28.8. The summed E-state index contributed by atoms with van der Waals surface area (Å²) in [6, 6.07) is 16.9. The normalized spacial score (nSPS) is 13.7. The van der Waals surface area contributed by atoms with E-state index in [4.69, 9.17) is 9.90 Å². The number of sulfonamides is 1. The Morgan fingerprint density at radius 3 is 2.03 bits per heavy atom. The Labute approximate surface area is 222 Å². The number of benzene rings is 2. The summed E-state index contributed by atoms with van der Waals surface area (Å²) in [7, 11) is -3.90. The number of carboxylic acid groups (broad SMARTS) is 2. The van der Waals surface area contributed by atoms with Gasteiger partial charge in [-0.25, -0.2) is 23.0 Å². The number of rotatable bonds is 6. The average Bonchev–Trinajstić information content (AvgIpc) is 2.89. The molecule has 3 aromatic rings. The maximum absolute atomic E-state index is 12.7. The largest absolute Gasteiger partial charge is 0.490 e. The number of nitrogens with one attached hydrogen (secondary N) is 1. The lowest BCUT2D eigenvalue weighted by atomic mass is 10.1. The van der Waals surface area contributed by atoms with E-state index in [-0.39, 0.29) is 16.1 Å². The highest BCUT2D eigenvalue weighted by Gasteiger charge is 2.38. The molecule has 0 unspecified atom stereocenters. The van der Waals surface area contributed by atoms with Crippen molar-refractivity contribution in [3.8, 4) is 0 Å². The molecule has 1 aliphatic heterocycles. The molecule has 0 spiro atoms. The summed E-state index contributed by atoms with van der Waals surface area (Å²) in [5.41, 5.74) is 1.61. The van der Waals surface area contributed by atoms with E-state index in [0.29, 0.717) is 13.1 Å². The Bertz CT molecular complexity index is 1410. The van der Waals surface area contributed by atoms with Crippen LogP contribution in [0.3, 0.4) is 0 Å². The van der Waals surface area contributed by atoms with Crippen molar-refractivity contribution in [1.29, 1.82) is 0 Å². The molecule has 0 aliphatic carbocycles. The Balaban J connectivity index is 0.000000532. The number of aromatic nitrogens is 1. The second-order valence-corrected chi connectivity index (χ2v) is 10.1. The minimum Gasteiger partial charge on any atom is -0.478 e. The van der Waals surface area contributed by atoms with Crippen LogP contribution in [0.25, 0.3) is 0 Å². The van der Waals surface area contributed by atoms with Gasteiger partial charge in [-0.3, -0.25) is 4.72 Å². The zero-order valence-corrected chi connectivity index (χ0v) is 21.4. The quantitative estimate of drug-likeness (QED) is 0.406. The first-order valence-corrected chi connectivity index (χ1v) is 12.9. The van der Waals surface area contributed by atoms with E-state index in [1.807, 2.05) is 25.1 Å². The van der Waals surface area contributed by atoms with E-state index in [2.05, 4.69) is 19.5 Å². The molecular formula is C25H25F3N4O6S. The smallest absolute Gasteiger partial charge is 0.478 e. The predicted octanol–water partition coefficient (Wildman–Crippen LogP) is 3.85. The van der Waals surface area contributed by atoms with Gasteiger partial charge in [0.1, 0.15) is 5.82 Å². The number of piperazine rings is 1. The van der Waals surface area contributed by atoms with Crippen LogP contribution in [0.1, 0.15) is 15.9 Å². The SMILES string of the molecule is Cc1ccc(S(=O)(=O)Nc2ccc(N3CCN(c4ccccn4)CC3)cc2C(=O)O)cc1.O=C(O)C(F)(F)F. The summed E-state index contributed by atoms with van der Waals surface area (Å²) in [4.78, 5) is 29.5. The Kier molecular flexibility index (Phi) is 9.01. The van der Waals surface area contributed by atoms with Gasteiger partial charge in [0, 0.05) is 38.1 Å². The first-order valence-electron chi connectivity index (χ1n) is 11.5. The maximum atomic E-state index is 12.7. The van der Waals surface area contributed by atoms with Crippen LogP contribution in [0, 0.1) is 6.92 Å². The van der Waals surface area contributed by atoms with Crippen molar-refractivity contribution in [2.75, 3.05) is 40.7 Å². The molecule has 10 nitrogen and oxygen atoms in total. The van der Waals surface area contributed by atoms with Crippen LogP contribution >= 0.6 is 0 Å². The molecule has 1 aliphatic rings. The molecule has 2 aromatic carbocycles. The van der Waals surface area contributed by atoms with Gasteiger partial charge in [-0.2, -0.15) is 13.2 Å². The van der Waals surface area contributed by atoms with E-state index in [9.17, 15) is 31.5 Å². The van der Waals surface area contributed by atoms with E-state index >= 15 is 0 Å². The lowest BCUT2D eigenvalue weighted by molar-refractivity contribution is -0.192. The van der Waals surface area contributed by atoms with Crippen LogP contribution in [0.5, 0.6) is 0 Å². The molecule has 3 N–H and O–H groups in total. The van der Waals surface area contributed by atoms with Gasteiger partial charge in [-0.15, -0.1) is 0 Å². The lowest BCUT2D eigenvalue weighted by Crippen LogP contribution is -2.46. The Hall–Kier alpha value is -4.33. The van der Waals surface area contributed by atoms with Gasteiger partial charge in [0.2, 0.25) is 0 Å². The molecule has 0 radical (unpaired) electrons. The van der Waals surface area contributed by atoms with Crippen LogP contribution in [-0.2, 0) is 14.8 Å². The molecule has 208 valence electrons. The van der Waals surface area contributed by atoms with Crippen molar-refractivity contribution < 1.29 is 41.4 Å². The minimum absolute atomic E-state index is 0.0361. The number of carboxylic acids is 2. The number of pyridine rings is 1. The molecule has 0 amide bonds. The summed E-state index contributed by atoms with van der Waals surface area (Å²) in [6.07, 6.45) is -3.32. The number of carbonyl (C=O) groups is 2. The lowest BCUT2D eigenvalue weighted by Gasteiger charge is -2.36. The van der Waals surface area contributed by atoms with Gasteiger partial charge in [0.25, 0.3) is 10.0 Å². The van der Waals surface area contributed by atoms with Crippen molar-refractivity contribution in [3.63, 3.8) is 0 Å². The third-order valence-corrected chi connectivity index (χ3v) is 7.05. The highest BCUT2D eigenvalue weighted by Crippen LogP contribution is 2.27. The second kappa shape index (κ2) is 12.0. The standard InChI is InChI=1S/C23H24N4O4S.C2HF3O2/c1-17-5-8-19(9-6-17)32(30,31)25-21-10-7-18(16-20(21)23(28)29)26-12-14-27(15-13-26)22-4-2-3-11-24-22;3-2(4,5)1(6)7/h2-11,16,25H,12-15H2,1H3,(H,28,29);(H,6,7). The van der Waals surface area contributed by atoms with E-state index in [0.717, 1.165) is 30.2 Å². The van der Waals surface area contributed by atoms with Gasteiger partial charge >= 0.3 is 18.1 Å². The van der Waals surface area contributed by atoms with Gasteiger partial charge in [0.05, 0.1) is 16.1 Å². The third kappa shape index (κ3) is 7.83. The number of halogens is 3. The van der Waals surface area contributed by atoms with Crippen molar-refractivity contribution in [2.45, 2.75) is 18.0 Å². The van der Waals surface area contributed by atoms with Gasteiger partial charge in [-0.1, -0.05) is 23.8 Å². The number of aryl methyl sites for hydroxylation is 1. The average molecular weight is 567 g/mol. The summed E-state index contributed by atoms with van der Waals surface area (Å²) in [5.74, 6) is -3.03. The zero-order valence-electron chi connectivity index (χ0n) is 20.6. The summed E-state index contributed by atoms with van der Waals surface area (Å²) >= 11 is 0. The maximum Gasteiger partial charge on any atom is 0.490 e. The molecule has 1 fully saturated rings. The number of nitrogens with zero attached hydrogens (tertiary/aromatic N) is 3. The number of aromatic carboxylic acids is 1. The van der Waals surface area contributed by atoms with Crippen LogP contribution in [0.15, 0.2) is 71.8 Å². The van der Waals surface area contributed by atoms with Crippen LogP contribution < -0.4 is 14.5 Å². The highest BCUT2D eigenvalue weighted by molar-refractivity contribution is 7.92. The molecule has 14 heteroatoms. The molecule has 0 atom stereocenters. The second-order valence-electron chi connectivity index (χ2n) is 8.42. The molecule has 2 heterocycles. The van der Waals surface area contributed by atoms with Crippen LogP contribution in [0.2, 0.25) is 0 Å². The number of hydrogen-bond donors (Lipinski definition) is 3. The predicted molar refractivity (Wildman–Crippen MR) is 138 cm³/mol. The fourth-order valence-corrected chi connectivity index (χ4v) is 4.73. The number of alkyl halides is 3. The molecule has 4 rings (SSSR count). The van der Waals surface area contributed by atoms with Gasteiger partial charge in [-0.05, 0) is 49.4 Å². The van der Waals surface area contributed by atoms with Gasteiger partial charge in [0.15, 0.2) is 0 Å². The van der Waals surface area contributed by atoms with Crippen LogP contribution in [-0.4, -0.2) is 67.9 Å². The summed E-state index contributed by atoms with van der Waals surface area (Å²) in [5, 5.41) is 16.8. The van der Waals surface area contributed by atoms with Crippen molar-refractivity contribution >= 4 is 39.2 Å². The number of hydrogen-bond acceptors (Lipinski definition) is 7. The summed E-state index contributed by atoms with van der Waals surface area (Å²) < 4.78 is 59.6. The van der Waals surface area contributed by atoms with Crippen molar-refractivity contribution in [1.82, 2.24) is 4.98 Å². The highest BCUT2D eigenvalue weighted by atomic mass is 32.2. The summed E-state index contributed by atoms with van der Waals surface area (Å²) in [6.45, 7) is 4.76. The Morgan fingerprint density at radius 1 is 0.923 bits per heavy atom. The van der Waals surface area contributed by atoms with Crippen LogP contribution in [0.4, 0.5) is 30.4 Å². The van der Waals surface area contributed by atoms with Crippen molar-refractivity contribution in [2.24, 2.45) is 0 Å². The first-order chi connectivity index (χ1) is 18.3. The molecule has 1 aromatic heterocycles. The fourth-order valence-electron chi connectivity index (χ4n) is 3.65. The minimum atomic E-state index is -5.08. The fraction of sp³-hybridized carbons (Fsp3) is 0.240.